The molecule has 1 unspecified atom stereocenters. The van der Waals surface area contributed by atoms with E-state index in [-0.39, 0.29) is 12.4 Å². The molecule has 0 aliphatic heterocycles. The largest absolute Gasteiger partial charge is 0.409 e. The first-order valence-electron chi connectivity index (χ1n) is 5.65. The maximum absolute atomic E-state index is 9.74. The Morgan fingerprint density at radius 3 is 2.84 bits per heavy atom. The third-order valence-corrected chi connectivity index (χ3v) is 3.09. The van der Waals surface area contributed by atoms with E-state index in [2.05, 4.69) is 21.1 Å². The third-order valence-electron chi connectivity index (χ3n) is 2.60. The fourth-order valence-corrected chi connectivity index (χ4v) is 2.12. The van der Waals surface area contributed by atoms with E-state index < -0.39 is 6.10 Å². The van der Waals surface area contributed by atoms with Crippen molar-refractivity contribution in [3.8, 4) is 0 Å². The number of hydrogen-bond acceptors (Lipinski definition) is 5. The van der Waals surface area contributed by atoms with Crippen LogP contribution < -0.4 is 10.6 Å². The van der Waals surface area contributed by atoms with Crippen molar-refractivity contribution in [3.05, 3.63) is 28.2 Å². The summed E-state index contributed by atoms with van der Waals surface area (Å²) in [7, 11) is 3.35. The Morgan fingerprint density at radius 2 is 2.26 bits per heavy atom. The highest BCUT2D eigenvalue weighted by Gasteiger charge is 2.14. The monoisotopic (exact) mass is 331 g/mol. The molecule has 0 bridgehead atoms. The predicted octanol–water partition coefficient (Wildman–Crippen LogP) is 0.987. The predicted molar refractivity (Wildman–Crippen MR) is 77.8 cm³/mol. The summed E-state index contributed by atoms with van der Waals surface area (Å²) in [5.41, 5.74) is 7.00. The molecule has 106 valence electrons. The van der Waals surface area contributed by atoms with Gasteiger partial charge < -0.3 is 25.7 Å². The Hall–Kier alpha value is -1.31. The van der Waals surface area contributed by atoms with Crippen molar-refractivity contribution < 1.29 is 15.1 Å². The van der Waals surface area contributed by atoms with Crippen molar-refractivity contribution in [2.75, 3.05) is 32.2 Å². The lowest BCUT2D eigenvalue weighted by Crippen LogP contribution is -2.33. The van der Waals surface area contributed by atoms with Crippen LogP contribution in [0.5, 0.6) is 0 Å². The van der Waals surface area contributed by atoms with Crippen LogP contribution in [-0.4, -0.2) is 49.6 Å². The fourth-order valence-electron chi connectivity index (χ4n) is 1.76. The Morgan fingerprint density at radius 1 is 1.58 bits per heavy atom. The second kappa shape index (κ2) is 7.32. The number of aliphatic hydroxyl groups is 1. The van der Waals surface area contributed by atoms with Crippen molar-refractivity contribution in [2.45, 2.75) is 6.10 Å². The van der Waals surface area contributed by atoms with Gasteiger partial charge in [-0.25, -0.2) is 0 Å². The zero-order valence-electron chi connectivity index (χ0n) is 10.9. The van der Waals surface area contributed by atoms with Gasteiger partial charge in [-0.05, 0) is 18.2 Å². The van der Waals surface area contributed by atoms with Crippen LogP contribution in [0.4, 0.5) is 5.69 Å². The van der Waals surface area contributed by atoms with Crippen LogP contribution in [-0.2, 0) is 4.74 Å². The van der Waals surface area contributed by atoms with Crippen molar-refractivity contribution in [3.63, 3.8) is 0 Å². The van der Waals surface area contributed by atoms with Gasteiger partial charge in [-0.3, -0.25) is 0 Å². The minimum atomic E-state index is -0.612. The molecule has 0 aliphatic rings. The van der Waals surface area contributed by atoms with Crippen LogP contribution in [0.15, 0.2) is 27.8 Å². The van der Waals surface area contributed by atoms with Gasteiger partial charge in [0.05, 0.1) is 12.7 Å². The molecule has 0 radical (unpaired) electrons. The van der Waals surface area contributed by atoms with Gasteiger partial charge >= 0.3 is 0 Å². The Balaban J connectivity index is 2.99. The first kappa shape index (κ1) is 15.7. The molecular formula is C12H18BrN3O3. The average molecular weight is 332 g/mol. The molecule has 1 aromatic rings. The number of methoxy groups -OCH3 is 1. The standard InChI is InChI=1S/C12H18BrN3O3/c1-16(6-9(17)7-19-2)11-4-3-8(13)5-10(11)12(14)15-18/h3-5,9,17-18H,6-7H2,1-2H3,(H2,14,15). The highest BCUT2D eigenvalue weighted by atomic mass is 79.9. The van der Waals surface area contributed by atoms with Crippen LogP contribution >= 0.6 is 15.9 Å². The molecule has 19 heavy (non-hydrogen) atoms. The molecule has 1 aromatic carbocycles. The number of likely N-dealkylation sites (N-methyl/N-ethyl adjacent to an activating group) is 1. The zero-order valence-corrected chi connectivity index (χ0v) is 12.5. The zero-order chi connectivity index (χ0) is 14.4. The molecule has 4 N–H and O–H groups in total. The summed E-state index contributed by atoms with van der Waals surface area (Å²) in [6, 6.07) is 5.43. The number of amidine groups is 1. The van der Waals surface area contributed by atoms with Gasteiger partial charge in [0.15, 0.2) is 5.84 Å². The molecule has 7 heteroatoms. The lowest BCUT2D eigenvalue weighted by Gasteiger charge is -2.24. The van der Waals surface area contributed by atoms with Crippen LogP contribution in [0.25, 0.3) is 0 Å². The van der Waals surface area contributed by atoms with Gasteiger partial charge in [0.2, 0.25) is 0 Å². The summed E-state index contributed by atoms with van der Waals surface area (Å²) >= 11 is 3.34. The number of halogens is 1. The number of oxime groups is 1. The molecule has 0 fully saturated rings. The van der Waals surface area contributed by atoms with Gasteiger partial charge in [0.25, 0.3) is 0 Å². The number of ether oxygens (including phenoxy) is 1. The number of hydrogen-bond donors (Lipinski definition) is 3. The molecule has 0 amide bonds. The highest BCUT2D eigenvalue weighted by Crippen LogP contribution is 2.24. The summed E-state index contributed by atoms with van der Waals surface area (Å²) in [6.45, 7) is 0.626. The Kier molecular flexibility index (Phi) is 6.07. The first-order chi connectivity index (χ1) is 8.99. The Labute approximate surface area is 120 Å². The quantitative estimate of drug-likeness (QED) is 0.313. The van der Waals surface area contributed by atoms with Gasteiger partial charge in [-0.2, -0.15) is 0 Å². The van der Waals surface area contributed by atoms with Gasteiger partial charge in [0.1, 0.15) is 0 Å². The number of nitrogens with zero attached hydrogens (tertiary/aromatic N) is 2. The van der Waals surface area contributed by atoms with Crippen LogP contribution in [0, 0.1) is 0 Å². The van der Waals surface area contributed by atoms with Gasteiger partial charge in [0, 0.05) is 36.4 Å². The maximum Gasteiger partial charge on any atom is 0.172 e. The van der Waals surface area contributed by atoms with E-state index >= 15 is 0 Å². The molecule has 0 heterocycles. The molecule has 1 rings (SSSR count). The summed E-state index contributed by atoms with van der Waals surface area (Å²) in [5.74, 6) is 0.0179. The van der Waals surface area contributed by atoms with Crippen LogP contribution in [0.1, 0.15) is 5.56 Å². The van der Waals surface area contributed by atoms with Gasteiger partial charge in [-0.15, -0.1) is 0 Å². The number of aliphatic hydroxyl groups excluding tert-OH is 1. The lowest BCUT2D eigenvalue weighted by atomic mass is 10.1. The maximum atomic E-state index is 9.74. The fraction of sp³-hybridized carbons (Fsp3) is 0.417. The SMILES string of the molecule is COCC(O)CN(C)c1ccc(Br)cc1/C(N)=N/O. The normalized spacial score (nSPS) is 13.4. The van der Waals surface area contributed by atoms with Crippen molar-refractivity contribution >= 4 is 27.5 Å². The van der Waals surface area contributed by atoms with E-state index in [1.165, 1.54) is 7.11 Å². The van der Waals surface area contributed by atoms with Crippen molar-refractivity contribution in [1.29, 1.82) is 0 Å². The van der Waals surface area contributed by atoms with Crippen LogP contribution in [0.2, 0.25) is 0 Å². The van der Waals surface area contributed by atoms with E-state index in [0.29, 0.717) is 12.1 Å². The number of benzene rings is 1. The van der Waals surface area contributed by atoms with E-state index in [0.717, 1.165) is 10.2 Å². The minimum absolute atomic E-state index is 0.0179. The van der Waals surface area contributed by atoms with E-state index in [1.807, 2.05) is 24.1 Å². The number of rotatable bonds is 6. The summed E-state index contributed by atoms with van der Waals surface area (Å²) < 4.78 is 5.71. The molecule has 0 aliphatic carbocycles. The lowest BCUT2D eigenvalue weighted by molar-refractivity contribution is 0.0695. The van der Waals surface area contributed by atoms with Crippen molar-refractivity contribution in [1.82, 2.24) is 0 Å². The summed E-state index contributed by atoms with van der Waals surface area (Å²) in [6.07, 6.45) is -0.612. The minimum Gasteiger partial charge on any atom is -0.409 e. The van der Waals surface area contributed by atoms with Gasteiger partial charge in [-0.1, -0.05) is 21.1 Å². The molecule has 6 nitrogen and oxygen atoms in total. The van der Waals surface area contributed by atoms with Crippen molar-refractivity contribution in [2.24, 2.45) is 10.9 Å². The first-order valence-corrected chi connectivity index (χ1v) is 6.44. The molecule has 0 spiro atoms. The van der Waals surface area contributed by atoms with E-state index in [4.69, 9.17) is 15.7 Å². The molecule has 1 atom stereocenters. The third kappa shape index (κ3) is 4.38. The van der Waals surface area contributed by atoms with E-state index in [1.54, 1.807) is 6.07 Å². The average Bonchev–Trinajstić information content (AvgIpc) is 2.37. The number of nitrogens with two attached hydrogens (primary N) is 1. The highest BCUT2D eigenvalue weighted by molar-refractivity contribution is 9.10. The van der Waals surface area contributed by atoms with Crippen LogP contribution in [0.3, 0.4) is 0 Å². The summed E-state index contributed by atoms with van der Waals surface area (Å²) in [5, 5.41) is 21.6. The molecular weight excluding hydrogens is 314 g/mol. The molecule has 0 aromatic heterocycles. The smallest absolute Gasteiger partial charge is 0.172 e. The van der Waals surface area contributed by atoms with E-state index in [9.17, 15) is 5.11 Å². The summed E-state index contributed by atoms with van der Waals surface area (Å²) in [4.78, 5) is 1.82. The molecule has 0 saturated carbocycles. The second-order valence-corrected chi connectivity index (χ2v) is 5.05. The molecule has 0 saturated heterocycles. The topological polar surface area (TPSA) is 91.3 Å². The Bertz CT molecular complexity index is 454. The second-order valence-electron chi connectivity index (χ2n) is 4.14. The number of anilines is 1.